The van der Waals surface area contributed by atoms with E-state index in [2.05, 4.69) is 21.2 Å². The summed E-state index contributed by atoms with van der Waals surface area (Å²) < 4.78 is 38.3. The zero-order chi connectivity index (χ0) is 16.4. The van der Waals surface area contributed by atoms with Crippen molar-refractivity contribution in [2.45, 2.75) is 33.0 Å². The molecule has 0 aromatic heterocycles. The molecule has 0 aliphatic heterocycles. The number of aliphatic hydroxyl groups excluding tert-OH is 1. The van der Waals surface area contributed by atoms with Crippen LogP contribution < -0.4 is 5.32 Å². The molecule has 0 aliphatic carbocycles. The van der Waals surface area contributed by atoms with Gasteiger partial charge in [0.15, 0.2) is 0 Å². The lowest BCUT2D eigenvalue weighted by Crippen LogP contribution is -2.46. The average molecular weight is 368 g/mol. The highest BCUT2D eigenvalue weighted by Crippen LogP contribution is 2.32. The second kappa shape index (κ2) is 6.36. The molecule has 0 aliphatic rings. The van der Waals surface area contributed by atoms with Gasteiger partial charge in [-0.1, -0.05) is 20.8 Å². The Balaban J connectivity index is 3.07. The summed E-state index contributed by atoms with van der Waals surface area (Å²) in [7, 11) is 0. The third-order valence-corrected chi connectivity index (χ3v) is 3.76. The lowest BCUT2D eigenvalue weighted by atomic mass is 9.87. The van der Waals surface area contributed by atoms with Gasteiger partial charge in [-0.15, -0.1) is 0 Å². The summed E-state index contributed by atoms with van der Waals surface area (Å²) in [5, 5.41) is 11.9. The smallest absolute Gasteiger partial charge is 0.394 e. The highest BCUT2D eigenvalue weighted by molar-refractivity contribution is 9.10. The van der Waals surface area contributed by atoms with E-state index < -0.39 is 29.1 Å². The summed E-state index contributed by atoms with van der Waals surface area (Å²) in [5.74, 6) is -0.665. The zero-order valence-electron chi connectivity index (χ0n) is 11.9. The first kappa shape index (κ1) is 18.0. The molecule has 7 heteroatoms. The number of aliphatic hydroxyl groups is 1. The molecule has 0 radical (unpaired) electrons. The zero-order valence-corrected chi connectivity index (χ0v) is 13.5. The van der Waals surface area contributed by atoms with E-state index in [0.717, 1.165) is 12.1 Å². The minimum Gasteiger partial charge on any atom is -0.394 e. The highest BCUT2D eigenvalue weighted by atomic mass is 79.9. The second-order valence-corrected chi connectivity index (χ2v) is 6.62. The summed E-state index contributed by atoms with van der Waals surface area (Å²) in [6.07, 6.45) is -4.52. The molecule has 0 saturated carbocycles. The normalized spacial score (nSPS) is 13.9. The van der Waals surface area contributed by atoms with Crippen LogP contribution in [0.1, 0.15) is 36.7 Å². The standard InChI is InChI=1S/C14H17BrF3NO2/c1-13(2,3)11(7-20)19-12(21)9-6-8(14(16,17)18)4-5-10(9)15/h4-6,11,20H,7H2,1-3H3,(H,19,21)/t11-/m1/s1. The number of nitrogens with one attached hydrogen (secondary N) is 1. The third kappa shape index (κ3) is 4.71. The Bertz CT molecular complexity index is 524. The molecule has 1 rings (SSSR count). The highest BCUT2D eigenvalue weighted by Gasteiger charge is 2.32. The Kier molecular flexibility index (Phi) is 5.44. The third-order valence-electron chi connectivity index (χ3n) is 3.07. The minimum atomic E-state index is -4.52. The first-order chi connectivity index (χ1) is 9.46. The second-order valence-electron chi connectivity index (χ2n) is 5.77. The van der Waals surface area contributed by atoms with Crippen LogP contribution in [-0.2, 0) is 6.18 Å². The van der Waals surface area contributed by atoms with Gasteiger partial charge in [0, 0.05) is 4.47 Å². The van der Waals surface area contributed by atoms with Crippen LogP contribution in [0.3, 0.4) is 0 Å². The summed E-state index contributed by atoms with van der Waals surface area (Å²) >= 11 is 3.07. The van der Waals surface area contributed by atoms with Gasteiger partial charge in [0.25, 0.3) is 5.91 Å². The van der Waals surface area contributed by atoms with Crippen molar-refractivity contribution in [1.29, 1.82) is 0 Å². The van der Waals surface area contributed by atoms with Crippen molar-refractivity contribution in [3.05, 3.63) is 33.8 Å². The lowest BCUT2D eigenvalue weighted by Gasteiger charge is -2.30. The van der Waals surface area contributed by atoms with E-state index in [1.807, 2.05) is 20.8 Å². The number of alkyl halides is 3. The first-order valence-corrected chi connectivity index (χ1v) is 7.04. The van der Waals surface area contributed by atoms with Gasteiger partial charge in [0.05, 0.1) is 23.8 Å². The predicted octanol–water partition coefficient (Wildman–Crippen LogP) is 3.60. The van der Waals surface area contributed by atoms with Crippen molar-refractivity contribution in [2.75, 3.05) is 6.61 Å². The molecule has 1 atom stereocenters. The summed E-state index contributed by atoms with van der Waals surface area (Å²) in [6, 6.07) is 2.31. The number of hydrogen-bond donors (Lipinski definition) is 2. The van der Waals surface area contributed by atoms with E-state index in [4.69, 9.17) is 0 Å². The summed E-state index contributed by atoms with van der Waals surface area (Å²) in [6.45, 7) is 5.14. The maximum Gasteiger partial charge on any atom is 0.416 e. The molecule has 118 valence electrons. The fraction of sp³-hybridized carbons (Fsp3) is 0.500. The van der Waals surface area contributed by atoms with Gasteiger partial charge in [-0.05, 0) is 39.5 Å². The van der Waals surface area contributed by atoms with Crippen molar-refractivity contribution in [3.63, 3.8) is 0 Å². The van der Waals surface area contributed by atoms with Crippen LogP contribution in [0.2, 0.25) is 0 Å². The van der Waals surface area contributed by atoms with Crippen LogP contribution in [-0.4, -0.2) is 23.7 Å². The van der Waals surface area contributed by atoms with Gasteiger partial charge < -0.3 is 10.4 Å². The SMILES string of the molecule is CC(C)(C)[C@@H](CO)NC(=O)c1cc(C(F)(F)F)ccc1Br. The number of amides is 1. The number of carbonyl (C=O) groups is 1. The van der Waals surface area contributed by atoms with Crippen molar-refractivity contribution in [1.82, 2.24) is 5.32 Å². The molecule has 1 amide bonds. The number of rotatable bonds is 3. The molecule has 2 N–H and O–H groups in total. The topological polar surface area (TPSA) is 49.3 Å². The van der Waals surface area contributed by atoms with Crippen LogP contribution in [0.15, 0.2) is 22.7 Å². The Hall–Kier alpha value is -1.08. The molecular formula is C14H17BrF3NO2. The molecule has 0 heterocycles. The van der Waals surface area contributed by atoms with Crippen molar-refractivity contribution >= 4 is 21.8 Å². The van der Waals surface area contributed by atoms with Crippen molar-refractivity contribution < 1.29 is 23.1 Å². The fourth-order valence-electron chi connectivity index (χ4n) is 1.65. The van der Waals surface area contributed by atoms with Crippen molar-refractivity contribution in [2.24, 2.45) is 5.41 Å². The molecule has 1 aromatic carbocycles. The van der Waals surface area contributed by atoms with Gasteiger partial charge in [-0.3, -0.25) is 4.79 Å². The van der Waals surface area contributed by atoms with Crippen molar-refractivity contribution in [3.8, 4) is 0 Å². The number of benzene rings is 1. The molecule has 21 heavy (non-hydrogen) atoms. The van der Waals surface area contributed by atoms with Gasteiger partial charge in [0.1, 0.15) is 0 Å². The van der Waals surface area contributed by atoms with Crippen LogP contribution >= 0.6 is 15.9 Å². The molecule has 3 nitrogen and oxygen atoms in total. The summed E-state index contributed by atoms with van der Waals surface area (Å²) in [5.41, 5.74) is -1.43. The lowest BCUT2D eigenvalue weighted by molar-refractivity contribution is -0.137. The van der Waals surface area contributed by atoms with E-state index in [9.17, 15) is 23.1 Å². The van der Waals surface area contributed by atoms with E-state index in [1.165, 1.54) is 6.07 Å². The molecule has 0 unspecified atom stereocenters. The largest absolute Gasteiger partial charge is 0.416 e. The van der Waals surface area contributed by atoms with Gasteiger partial charge in [-0.2, -0.15) is 13.2 Å². The molecule has 0 saturated heterocycles. The minimum absolute atomic E-state index is 0.118. The van der Waals surface area contributed by atoms with Crippen LogP contribution in [0.4, 0.5) is 13.2 Å². The van der Waals surface area contributed by atoms with Crippen LogP contribution in [0.25, 0.3) is 0 Å². The van der Waals surface area contributed by atoms with E-state index in [-0.39, 0.29) is 16.6 Å². The van der Waals surface area contributed by atoms with Gasteiger partial charge in [-0.25, -0.2) is 0 Å². The molecule has 0 bridgehead atoms. The Morgan fingerprint density at radius 2 is 1.90 bits per heavy atom. The van der Waals surface area contributed by atoms with Gasteiger partial charge >= 0.3 is 6.18 Å². The average Bonchev–Trinajstić information content (AvgIpc) is 2.33. The maximum atomic E-state index is 12.7. The van der Waals surface area contributed by atoms with Gasteiger partial charge in [0.2, 0.25) is 0 Å². The number of carbonyl (C=O) groups excluding carboxylic acids is 1. The number of hydrogen-bond acceptors (Lipinski definition) is 2. The molecule has 0 fully saturated rings. The fourth-order valence-corrected chi connectivity index (χ4v) is 2.07. The number of halogens is 4. The van der Waals surface area contributed by atoms with E-state index in [0.29, 0.717) is 0 Å². The van der Waals surface area contributed by atoms with E-state index in [1.54, 1.807) is 0 Å². The Morgan fingerprint density at radius 3 is 2.33 bits per heavy atom. The summed E-state index contributed by atoms with van der Waals surface area (Å²) in [4.78, 5) is 12.1. The molecule has 1 aromatic rings. The Labute approximate surface area is 129 Å². The maximum absolute atomic E-state index is 12.7. The molecular weight excluding hydrogens is 351 g/mol. The van der Waals surface area contributed by atoms with Crippen LogP contribution in [0, 0.1) is 5.41 Å². The van der Waals surface area contributed by atoms with E-state index >= 15 is 0 Å². The molecule has 0 spiro atoms. The Morgan fingerprint density at radius 1 is 1.33 bits per heavy atom. The quantitative estimate of drug-likeness (QED) is 0.857. The predicted molar refractivity (Wildman–Crippen MR) is 76.9 cm³/mol. The monoisotopic (exact) mass is 367 g/mol. The van der Waals surface area contributed by atoms with Crippen LogP contribution in [0.5, 0.6) is 0 Å². The first-order valence-electron chi connectivity index (χ1n) is 6.25.